The highest BCUT2D eigenvalue weighted by Gasteiger charge is 2.29. The molecule has 1 N–H and O–H groups in total. The highest BCUT2D eigenvalue weighted by molar-refractivity contribution is 5.66. The van der Waals surface area contributed by atoms with E-state index in [1.165, 1.54) is 17.7 Å². The van der Waals surface area contributed by atoms with Crippen molar-refractivity contribution < 1.29 is 13.2 Å². The van der Waals surface area contributed by atoms with Gasteiger partial charge in [0, 0.05) is 18.7 Å². The van der Waals surface area contributed by atoms with Gasteiger partial charge in [0.05, 0.1) is 17.2 Å². The molecule has 1 aromatic rings. The van der Waals surface area contributed by atoms with Gasteiger partial charge in [-0.25, -0.2) is 23.1 Å². The van der Waals surface area contributed by atoms with E-state index in [1.807, 2.05) is 0 Å². The van der Waals surface area contributed by atoms with Crippen molar-refractivity contribution in [3.05, 3.63) is 58.1 Å². The zero-order chi connectivity index (χ0) is 24.0. The molecule has 4 aliphatic heterocycles. The van der Waals surface area contributed by atoms with Crippen molar-refractivity contribution in [2.45, 2.75) is 51.6 Å². The Hall–Kier alpha value is -2.94. The van der Waals surface area contributed by atoms with Gasteiger partial charge in [-0.2, -0.15) is 0 Å². The van der Waals surface area contributed by atoms with E-state index in [1.54, 1.807) is 13.8 Å². The summed E-state index contributed by atoms with van der Waals surface area (Å²) in [5.74, 6) is 1.97. The Labute approximate surface area is 196 Å². The molecule has 4 aliphatic rings. The van der Waals surface area contributed by atoms with Crippen LogP contribution < -0.4 is 10.8 Å². The number of aromatic nitrogens is 3. The Kier molecular flexibility index (Phi) is 6.06. The summed E-state index contributed by atoms with van der Waals surface area (Å²) in [5.41, 5.74) is 2.04. The maximum atomic E-state index is 14.8. The van der Waals surface area contributed by atoms with Gasteiger partial charge in [-0.15, -0.1) is 0 Å². The molecule has 0 bridgehead atoms. The number of piperidine rings is 1. The summed E-state index contributed by atoms with van der Waals surface area (Å²) in [4.78, 5) is 16.4. The number of rotatable bonds is 4. The second kappa shape index (κ2) is 9.02. The van der Waals surface area contributed by atoms with E-state index in [-0.39, 0.29) is 5.56 Å². The van der Waals surface area contributed by atoms with Gasteiger partial charge in [-0.3, -0.25) is 4.99 Å². The first kappa shape index (κ1) is 22.8. The molecule has 0 saturated carbocycles. The van der Waals surface area contributed by atoms with Gasteiger partial charge in [0.1, 0.15) is 23.3 Å². The average molecular weight is 471 g/mol. The van der Waals surface area contributed by atoms with E-state index in [0.717, 1.165) is 62.3 Å². The third-order valence-electron chi connectivity index (χ3n) is 6.96. The van der Waals surface area contributed by atoms with Gasteiger partial charge in [0.25, 0.3) is 6.43 Å². The number of benzene rings is 1. The lowest BCUT2D eigenvalue weighted by atomic mass is 9.88. The minimum Gasteiger partial charge on any atom is -0.369 e. The normalized spacial score (nSPS) is 18.5. The van der Waals surface area contributed by atoms with E-state index >= 15 is 0 Å². The number of hydrogen-bond acceptors (Lipinski definition) is 5. The van der Waals surface area contributed by atoms with Crippen LogP contribution in [-0.4, -0.2) is 46.1 Å². The molecule has 180 valence electrons. The topological polar surface area (TPSA) is 58.3 Å². The summed E-state index contributed by atoms with van der Waals surface area (Å²) in [7, 11) is 2.14. The maximum absolute atomic E-state index is 14.8. The fourth-order valence-electron chi connectivity index (χ4n) is 5.12. The monoisotopic (exact) mass is 470 g/mol. The summed E-state index contributed by atoms with van der Waals surface area (Å²) >= 11 is 0. The second-order valence-electron chi connectivity index (χ2n) is 9.29. The van der Waals surface area contributed by atoms with Crippen molar-refractivity contribution >= 4 is 5.82 Å². The molecule has 9 heteroatoms. The predicted molar refractivity (Wildman–Crippen MR) is 125 cm³/mol. The summed E-state index contributed by atoms with van der Waals surface area (Å²) in [6, 6.07) is 5.51. The number of hydrogen-bond donors (Lipinski definition) is 1. The van der Waals surface area contributed by atoms with Crippen LogP contribution in [0.2, 0.25) is 0 Å². The third kappa shape index (κ3) is 4.06. The third-order valence-corrected chi connectivity index (χ3v) is 6.96. The lowest BCUT2D eigenvalue weighted by Gasteiger charge is -2.31. The minimum absolute atomic E-state index is 0.133. The number of alkyl halides is 2. The van der Waals surface area contributed by atoms with Crippen LogP contribution in [0, 0.1) is 12.7 Å². The molecule has 6 nitrogen and oxygen atoms in total. The lowest BCUT2D eigenvalue weighted by Crippen LogP contribution is -2.30. The van der Waals surface area contributed by atoms with Gasteiger partial charge < -0.3 is 14.8 Å². The first-order chi connectivity index (χ1) is 16.3. The van der Waals surface area contributed by atoms with E-state index in [9.17, 15) is 13.2 Å². The Bertz CT molecular complexity index is 1250. The van der Waals surface area contributed by atoms with Crippen molar-refractivity contribution in [1.82, 2.24) is 19.4 Å². The molecule has 34 heavy (non-hydrogen) atoms. The molecule has 0 unspecified atom stereocenters. The van der Waals surface area contributed by atoms with Crippen LogP contribution in [0.3, 0.4) is 0 Å². The molecular formula is C25H29F3N6. The molecule has 1 saturated heterocycles. The number of pyridine rings is 1. The van der Waals surface area contributed by atoms with Gasteiger partial charge in [-0.1, -0.05) is 18.2 Å². The zero-order valence-corrected chi connectivity index (χ0v) is 19.7. The molecule has 0 amide bonds. The molecule has 1 aromatic carbocycles. The van der Waals surface area contributed by atoms with Crippen LogP contribution in [0.4, 0.5) is 19.0 Å². The van der Waals surface area contributed by atoms with E-state index < -0.39 is 23.8 Å². The fourth-order valence-corrected chi connectivity index (χ4v) is 5.12. The van der Waals surface area contributed by atoms with E-state index in [0.29, 0.717) is 17.2 Å². The maximum Gasteiger partial charge on any atom is 0.266 e. The highest BCUT2D eigenvalue weighted by atomic mass is 19.3. The Morgan fingerprint density at radius 2 is 1.85 bits per heavy atom. The van der Waals surface area contributed by atoms with Crippen LogP contribution in [0.1, 0.15) is 60.7 Å². The fraction of sp³-hybridized carbons (Fsp3) is 0.480. The Morgan fingerprint density at radius 1 is 1.12 bits per heavy atom. The summed E-state index contributed by atoms with van der Waals surface area (Å²) in [6.07, 6.45) is -0.742. The number of anilines is 1. The van der Waals surface area contributed by atoms with Crippen molar-refractivity contribution in [1.29, 1.82) is 0 Å². The molecule has 5 rings (SSSR count). The second-order valence-corrected chi connectivity index (χ2v) is 9.29. The number of aryl methyl sites for hydroxylation is 1. The lowest BCUT2D eigenvalue weighted by molar-refractivity contribution is 0.146. The summed E-state index contributed by atoms with van der Waals surface area (Å²) < 4.78 is 43.5. The molecule has 1 atom stereocenters. The molecular weight excluding hydrogens is 441 g/mol. The number of nitrogens with zero attached hydrogens (tertiary/aromatic N) is 5. The van der Waals surface area contributed by atoms with E-state index in [4.69, 9.17) is 9.98 Å². The first-order valence-electron chi connectivity index (χ1n) is 11.8. The molecule has 0 radical (unpaired) electrons. The van der Waals surface area contributed by atoms with Gasteiger partial charge in [0.2, 0.25) is 0 Å². The van der Waals surface area contributed by atoms with Crippen molar-refractivity contribution in [2.24, 2.45) is 4.99 Å². The summed E-state index contributed by atoms with van der Waals surface area (Å²) in [5, 5.41) is 3.54. The minimum atomic E-state index is -2.88. The zero-order valence-electron chi connectivity index (χ0n) is 19.7. The molecule has 4 heterocycles. The highest BCUT2D eigenvalue weighted by Crippen LogP contribution is 2.38. The SMILES string of the molecule is Cc1nc2n3c(c(C4CCN(C)CC4)cc-2c(=N[C@H](C)c2cccc(C(F)F)c2F)n1)NCC3. The molecule has 0 spiro atoms. The molecule has 0 aliphatic carbocycles. The predicted octanol–water partition coefficient (Wildman–Crippen LogP) is 4.66. The van der Waals surface area contributed by atoms with E-state index in [2.05, 4.69) is 32.9 Å². The number of fused-ring (bicyclic) bond motifs is 3. The van der Waals surface area contributed by atoms with Crippen molar-refractivity contribution in [3.63, 3.8) is 0 Å². The number of likely N-dealkylation sites (tertiary alicyclic amines) is 1. The van der Waals surface area contributed by atoms with Crippen LogP contribution in [-0.2, 0) is 6.54 Å². The van der Waals surface area contributed by atoms with Crippen molar-refractivity contribution in [2.75, 3.05) is 32.0 Å². The van der Waals surface area contributed by atoms with Gasteiger partial charge >= 0.3 is 0 Å². The summed E-state index contributed by atoms with van der Waals surface area (Å²) in [6.45, 7) is 7.22. The average Bonchev–Trinajstić information content (AvgIpc) is 3.29. The quantitative estimate of drug-likeness (QED) is 0.602. The van der Waals surface area contributed by atoms with Crippen LogP contribution in [0.15, 0.2) is 29.3 Å². The van der Waals surface area contributed by atoms with Gasteiger partial charge in [-0.05, 0) is 64.4 Å². The smallest absolute Gasteiger partial charge is 0.266 e. The van der Waals surface area contributed by atoms with Crippen LogP contribution in [0.25, 0.3) is 11.4 Å². The van der Waals surface area contributed by atoms with Crippen LogP contribution in [0.5, 0.6) is 0 Å². The van der Waals surface area contributed by atoms with Gasteiger partial charge in [0.15, 0.2) is 5.49 Å². The Balaban J connectivity index is 1.65. The molecule has 1 fully saturated rings. The largest absolute Gasteiger partial charge is 0.369 e. The number of halogens is 3. The Morgan fingerprint density at radius 3 is 2.59 bits per heavy atom. The first-order valence-corrected chi connectivity index (χ1v) is 11.8. The van der Waals surface area contributed by atoms with Crippen molar-refractivity contribution in [3.8, 4) is 11.4 Å². The standard InChI is InChI=1S/C25H29F3N6/c1-14(17-5-4-6-18(21(17)26)22(27)28)30-23-20-13-19(16-7-10-33(3)11-8-16)24-29-9-12-34(24)25(20)32-15(2)31-23/h4-6,13-14,16,22,29H,7-12H2,1-3H3/t14-/m1/s1. The molecule has 0 aromatic heterocycles. The van der Waals surface area contributed by atoms with Crippen LogP contribution >= 0.6 is 0 Å². The number of nitrogens with one attached hydrogen (secondary N) is 1.